The van der Waals surface area contributed by atoms with Crippen LogP contribution in [0.25, 0.3) is 0 Å². The van der Waals surface area contributed by atoms with Crippen molar-refractivity contribution >= 4 is 17.2 Å². The summed E-state index contributed by atoms with van der Waals surface area (Å²) in [5, 5.41) is 5.10. The van der Waals surface area contributed by atoms with Gasteiger partial charge < -0.3 is 15.0 Å². The van der Waals surface area contributed by atoms with Gasteiger partial charge in [-0.05, 0) is 50.2 Å². The largest absolute Gasteiger partial charge is 0.494 e. The zero-order valence-corrected chi connectivity index (χ0v) is 14.7. The summed E-state index contributed by atoms with van der Waals surface area (Å²) in [6.45, 7) is 3.22. The molecule has 5 heteroatoms. The number of hydrogen-bond acceptors (Lipinski definition) is 4. The fourth-order valence-electron chi connectivity index (χ4n) is 2.35. The molecule has 0 spiro atoms. The molecule has 0 aliphatic carbocycles. The minimum Gasteiger partial charge on any atom is -0.494 e. The molecule has 1 amide bonds. The molecule has 1 aromatic heterocycles. The number of carbonyl (C=O) groups excluding carboxylic acids is 1. The van der Waals surface area contributed by atoms with Gasteiger partial charge >= 0.3 is 0 Å². The van der Waals surface area contributed by atoms with Crippen molar-refractivity contribution in [2.45, 2.75) is 19.4 Å². The Labute approximate surface area is 142 Å². The molecule has 4 nitrogen and oxygen atoms in total. The Bertz CT molecular complexity index is 594. The smallest absolute Gasteiger partial charge is 0.224 e. The molecule has 2 rings (SSSR count). The lowest BCUT2D eigenvalue weighted by atomic mass is 10.1. The number of amides is 1. The normalized spacial score (nSPS) is 12.2. The first-order valence-electron chi connectivity index (χ1n) is 7.78. The van der Waals surface area contributed by atoms with E-state index in [4.69, 9.17) is 4.74 Å². The molecule has 124 valence electrons. The summed E-state index contributed by atoms with van der Waals surface area (Å²) < 4.78 is 5.41. The van der Waals surface area contributed by atoms with Crippen molar-refractivity contribution in [2.24, 2.45) is 0 Å². The number of benzene rings is 1. The minimum absolute atomic E-state index is 0.0394. The van der Waals surface area contributed by atoms with Crippen LogP contribution in [0.4, 0.5) is 0 Å². The first-order chi connectivity index (χ1) is 11.1. The average molecular weight is 332 g/mol. The second-order valence-corrected chi connectivity index (χ2v) is 6.53. The standard InChI is InChI=1S/C18H24N2O2S/c1-4-22-15-9-7-14(8-10-15)12-18(21)19-13-16(20(2)3)17-6-5-11-23-17/h5-11,16H,4,12-13H2,1-3H3,(H,19,21). The van der Waals surface area contributed by atoms with Gasteiger partial charge in [0.05, 0.1) is 19.1 Å². The lowest BCUT2D eigenvalue weighted by Crippen LogP contribution is -2.34. The van der Waals surface area contributed by atoms with E-state index in [9.17, 15) is 4.79 Å². The van der Waals surface area contributed by atoms with Gasteiger partial charge in [0.25, 0.3) is 0 Å². The molecule has 0 aliphatic rings. The van der Waals surface area contributed by atoms with Gasteiger partial charge in [-0.2, -0.15) is 0 Å². The third-order valence-electron chi connectivity index (χ3n) is 3.59. The summed E-state index contributed by atoms with van der Waals surface area (Å²) in [5.41, 5.74) is 0.989. The van der Waals surface area contributed by atoms with Crippen molar-refractivity contribution in [1.29, 1.82) is 0 Å². The van der Waals surface area contributed by atoms with Gasteiger partial charge in [-0.1, -0.05) is 18.2 Å². The number of nitrogens with one attached hydrogen (secondary N) is 1. The highest BCUT2D eigenvalue weighted by Crippen LogP contribution is 2.22. The molecule has 1 heterocycles. The third-order valence-corrected chi connectivity index (χ3v) is 4.56. The maximum Gasteiger partial charge on any atom is 0.224 e. The van der Waals surface area contributed by atoms with E-state index < -0.39 is 0 Å². The zero-order chi connectivity index (χ0) is 16.7. The summed E-state index contributed by atoms with van der Waals surface area (Å²) >= 11 is 1.71. The summed E-state index contributed by atoms with van der Waals surface area (Å²) in [5.74, 6) is 0.875. The number of carbonyl (C=O) groups is 1. The maximum absolute atomic E-state index is 12.2. The predicted octanol–water partition coefficient (Wildman–Crippen LogP) is 3.11. The van der Waals surface area contributed by atoms with Crippen LogP contribution in [0, 0.1) is 0 Å². The Morgan fingerprint density at radius 1 is 1.26 bits per heavy atom. The fraction of sp³-hybridized carbons (Fsp3) is 0.389. The van der Waals surface area contributed by atoms with Gasteiger partial charge in [0.15, 0.2) is 0 Å². The van der Waals surface area contributed by atoms with Crippen molar-refractivity contribution in [3.63, 3.8) is 0 Å². The first kappa shape index (κ1) is 17.5. The Morgan fingerprint density at radius 2 is 2.00 bits per heavy atom. The van der Waals surface area contributed by atoms with Crippen molar-refractivity contribution in [2.75, 3.05) is 27.2 Å². The monoisotopic (exact) mass is 332 g/mol. The molecule has 1 N–H and O–H groups in total. The Kier molecular flexibility index (Phi) is 6.62. The number of hydrogen-bond donors (Lipinski definition) is 1. The van der Waals surface area contributed by atoms with Crippen LogP contribution >= 0.6 is 11.3 Å². The number of nitrogens with zero attached hydrogens (tertiary/aromatic N) is 1. The van der Waals surface area contributed by atoms with E-state index in [2.05, 4.69) is 21.7 Å². The highest BCUT2D eigenvalue weighted by Gasteiger charge is 2.16. The van der Waals surface area contributed by atoms with E-state index >= 15 is 0 Å². The quantitative estimate of drug-likeness (QED) is 0.807. The molecule has 1 atom stereocenters. The summed E-state index contributed by atoms with van der Waals surface area (Å²) in [4.78, 5) is 15.6. The van der Waals surface area contributed by atoms with E-state index in [0.29, 0.717) is 19.6 Å². The maximum atomic E-state index is 12.2. The van der Waals surface area contributed by atoms with Crippen LogP contribution in [-0.4, -0.2) is 38.1 Å². The summed E-state index contributed by atoms with van der Waals surface area (Å²) in [6.07, 6.45) is 0.386. The average Bonchev–Trinajstić information content (AvgIpc) is 3.03. The molecule has 2 aromatic rings. The van der Waals surface area contributed by atoms with E-state index in [1.807, 2.05) is 51.4 Å². The van der Waals surface area contributed by atoms with Gasteiger partial charge in [-0.15, -0.1) is 11.3 Å². The lowest BCUT2D eigenvalue weighted by molar-refractivity contribution is -0.120. The van der Waals surface area contributed by atoms with Crippen molar-refractivity contribution < 1.29 is 9.53 Å². The molecule has 0 fully saturated rings. The lowest BCUT2D eigenvalue weighted by Gasteiger charge is -2.23. The number of thiophene rings is 1. The minimum atomic E-state index is 0.0394. The van der Waals surface area contributed by atoms with Crippen molar-refractivity contribution in [3.05, 3.63) is 52.2 Å². The van der Waals surface area contributed by atoms with Gasteiger partial charge in [0.2, 0.25) is 5.91 Å². The second-order valence-electron chi connectivity index (χ2n) is 5.55. The topological polar surface area (TPSA) is 41.6 Å². The van der Waals surface area contributed by atoms with Crippen molar-refractivity contribution in [3.8, 4) is 5.75 Å². The number of rotatable bonds is 8. The molecule has 0 saturated carbocycles. The van der Waals surface area contributed by atoms with Crippen LogP contribution in [-0.2, 0) is 11.2 Å². The van der Waals surface area contributed by atoms with Crippen LogP contribution in [0.3, 0.4) is 0 Å². The van der Waals surface area contributed by atoms with Crippen LogP contribution in [0.1, 0.15) is 23.4 Å². The summed E-state index contributed by atoms with van der Waals surface area (Å²) in [6, 6.07) is 12.0. The Hall–Kier alpha value is -1.85. The van der Waals surface area contributed by atoms with Crippen LogP contribution < -0.4 is 10.1 Å². The van der Waals surface area contributed by atoms with Crippen LogP contribution in [0.5, 0.6) is 5.75 Å². The highest BCUT2D eigenvalue weighted by atomic mass is 32.1. The number of ether oxygens (including phenoxy) is 1. The molecule has 0 aliphatic heterocycles. The van der Waals surface area contributed by atoms with E-state index in [0.717, 1.165) is 11.3 Å². The van der Waals surface area contributed by atoms with Gasteiger partial charge in [-0.25, -0.2) is 0 Å². The molecule has 0 radical (unpaired) electrons. The third kappa shape index (κ3) is 5.37. The molecule has 0 bridgehead atoms. The highest BCUT2D eigenvalue weighted by molar-refractivity contribution is 7.10. The van der Waals surface area contributed by atoms with Gasteiger partial charge in [0, 0.05) is 11.4 Å². The first-order valence-corrected chi connectivity index (χ1v) is 8.66. The van der Waals surface area contributed by atoms with E-state index in [1.54, 1.807) is 11.3 Å². The second kappa shape index (κ2) is 8.70. The Balaban J connectivity index is 1.86. The van der Waals surface area contributed by atoms with Gasteiger partial charge in [-0.3, -0.25) is 4.79 Å². The number of likely N-dealkylation sites (N-methyl/N-ethyl adjacent to an activating group) is 1. The SMILES string of the molecule is CCOc1ccc(CC(=O)NCC(c2cccs2)N(C)C)cc1. The summed E-state index contributed by atoms with van der Waals surface area (Å²) in [7, 11) is 4.06. The molecule has 1 aromatic carbocycles. The molecular formula is C18H24N2O2S. The van der Waals surface area contributed by atoms with Crippen molar-refractivity contribution in [1.82, 2.24) is 10.2 Å². The fourth-order valence-corrected chi connectivity index (χ4v) is 3.27. The Morgan fingerprint density at radius 3 is 2.57 bits per heavy atom. The van der Waals surface area contributed by atoms with Crippen LogP contribution in [0.15, 0.2) is 41.8 Å². The van der Waals surface area contributed by atoms with Gasteiger partial charge in [0.1, 0.15) is 5.75 Å². The zero-order valence-electron chi connectivity index (χ0n) is 13.9. The molecule has 1 unspecified atom stereocenters. The molecular weight excluding hydrogens is 308 g/mol. The van der Waals surface area contributed by atoms with E-state index in [-0.39, 0.29) is 11.9 Å². The van der Waals surface area contributed by atoms with E-state index in [1.165, 1.54) is 4.88 Å². The van der Waals surface area contributed by atoms with Crippen LogP contribution in [0.2, 0.25) is 0 Å². The molecule has 0 saturated heterocycles. The predicted molar refractivity (Wildman–Crippen MR) is 95.1 cm³/mol. The molecule has 23 heavy (non-hydrogen) atoms.